The lowest BCUT2D eigenvalue weighted by Gasteiger charge is -2.34. The van der Waals surface area contributed by atoms with Gasteiger partial charge in [0.15, 0.2) is 6.10 Å². The highest BCUT2D eigenvalue weighted by molar-refractivity contribution is 5.70. The average molecular weight is 908 g/mol. The lowest BCUT2D eigenvalue weighted by molar-refractivity contribution is -0.889. The Kier molecular flexibility index (Phi) is 44.5. The summed E-state index contributed by atoms with van der Waals surface area (Å²) in [6.07, 6.45) is 61.8. The molecule has 8 heteroatoms. The van der Waals surface area contributed by atoms with Crippen LogP contribution < -0.4 is 5.11 Å². The number of carboxylic acid groups (broad SMARTS) is 1. The summed E-state index contributed by atoms with van der Waals surface area (Å²) in [7, 11) is 5.40. The summed E-state index contributed by atoms with van der Waals surface area (Å²) >= 11 is 0. The number of carbonyl (C=O) groups is 3. The Labute approximate surface area is 399 Å². The van der Waals surface area contributed by atoms with Gasteiger partial charge in [-0.05, 0) is 89.9 Å². The zero-order valence-corrected chi connectivity index (χ0v) is 42.4. The minimum absolute atomic E-state index is 0.0233. The number of rotatable bonds is 46. The molecule has 2 unspecified atom stereocenters. The van der Waals surface area contributed by atoms with Crippen LogP contribution in [0.15, 0.2) is 85.1 Å². The number of likely N-dealkylation sites (N-methyl/N-ethyl adjacent to an activating group) is 1. The molecule has 0 saturated carbocycles. The largest absolute Gasteiger partial charge is 0.544 e. The predicted octanol–water partition coefficient (Wildman–Crippen LogP) is 13.9. The van der Waals surface area contributed by atoms with Crippen molar-refractivity contribution in [1.29, 1.82) is 0 Å². The van der Waals surface area contributed by atoms with Gasteiger partial charge < -0.3 is 28.6 Å². The van der Waals surface area contributed by atoms with Gasteiger partial charge in [0, 0.05) is 19.3 Å². The molecule has 0 heterocycles. The molecule has 0 aliphatic heterocycles. The molecule has 0 saturated heterocycles. The standard InChI is InChI=1S/C57H97NO7/c1-6-8-10-12-14-16-18-20-22-24-26-27-28-29-30-32-34-36-38-40-42-44-46-48-56(60)65-53(51-63-50-49-54(57(61)62)58(3,4)5)52-64-55(59)47-45-43-41-39-37-35-33-31-25-23-21-19-17-15-13-11-9-7-2/h8,10,14,16,20,22,26-27,29-31,33-34,36,53-54H,6-7,9,11-13,15,17-19,21,23-25,28,32,35,37-52H2,1-5H3/b10-8+,16-14+,22-20+,27-26+,30-29+,33-31+,36-34+. The van der Waals surface area contributed by atoms with Crippen LogP contribution in [0.5, 0.6) is 0 Å². The Morgan fingerprint density at radius 3 is 1.29 bits per heavy atom. The first-order valence-corrected chi connectivity index (χ1v) is 26.1. The van der Waals surface area contributed by atoms with Crippen LogP contribution in [0.25, 0.3) is 0 Å². The highest BCUT2D eigenvalue weighted by Crippen LogP contribution is 2.14. The minimum atomic E-state index is -1.13. The van der Waals surface area contributed by atoms with Crippen LogP contribution in [0.1, 0.15) is 206 Å². The molecule has 0 aromatic rings. The molecule has 0 spiro atoms. The number of aliphatic carboxylic acids is 1. The summed E-state index contributed by atoms with van der Waals surface area (Å²) in [4.78, 5) is 37.1. The summed E-state index contributed by atoms with van der Waals surface area (Å²) in [5, 5.41) is 11.7. The fourth-order valence-corrected chi connectivity index (χ4v) is 7.25. The van der Waals surface area contributed by atoms with Crippen molar-refractivity contribution in [2.75, 3.05) is 41.0 Å². The van der Waals surface area contributed by atoms with Crippen LogP contribution in [-0.2, 0) is 28.6 Å². The maximum Gasteiger partial charge on any atom is 0.306 e. The third-order valence-electron chi connectivity index (χ3n) is 11.3. The number of quaternary nitrogens is 1. The monoisotopic (exact) mass is 908 g/mol. The number of carboxylic acids is 1. The number of hydrogen-bond donors (Lipinski definition) is 0. The van der Waals surface area contributed by atoms with E-state index in [1.165, 1.54) is 70.6 Å². The van der Waals surface area contributed by atoms with Gasteiger partial charge in [-0.25, -0.2) is 0 Å². The highest BCUT2D eigenvalue weighted by Gasteiger charge is 2.25. The van der Waals surface area contributed by atoms with E-state index >= 15 is 0 Å². The van der Waals surface area contributed by atoms with E-state index in [4.69, 9.17) is 14.2 Å². The van der Waals surface area contributed by atoms with Crippen molar-refractivity contribution < 1.29 is 38.2 Å². The molecule has 372 valence electrons. The Morgan fingerprint density at radius 2 is 0.862 bits per heavy atom. The number of nitrogens with zero attached hydrogens (tertiary/aromatic N) is 1. The van der Waals surface area contributed by atoms with Gasteiger partial charge in [0.1, 0.15) is 12.6 Å². The first-order chi connectivity index (χ1) is 31.6. The van der Waals surface area contributed by atoms with E-state index in [1.807, 2.05) is 0 Å². The fourth-order valence-electron chi connectivity index (χ4n) is 7.25. The van der Waals surface area contributed by atoms with Crippen molar-refractivity contribution in [2.45, 2.75) is 219 Å². The molecule has 0 amide bonds. The van der Waals surface area contributed by atoms with Crippen LogP contribution in [0, 0.1) is 0 Å². The molecule has 0 aliphatic rings. The summed E-state index contributed by atoms with van der Waals surface area (Å²) in [6, 6.07) is -0.737. The minimum Gasteiger partial charge on any atom is -0.544 e. The van der Waals surface area contributed by atoms with E-state index in [9.17, 15) is 19.5 Å². The van der Waals surface area contributed by atoms with Gasteiger partial charge in [0.25, 0.3) is 0 Å². The summed E-state index contributed by atoms with van der Waals surface area (Å²) in [5.41, 5.74) is 0. The highest BCUT2D eigenvalue weighted by atomic mass is 16.6. The van der Waals surface area contributed by atoms with Crippen molar-refractivity contribution in [3.63, 3.8) is 0 Å². The Morgan fingerprint density at radius 1 is 0.477 bits per heavy atom. The molecular formula is C57H97NO7. The molecule has 2 atom stereocenters. The molecule has 0 aliphatic carbocycles. The molecule has 0 aromatic carbocycles. The molecule has 0 rings (SSSR count). The van der Waals surface area contributed by atoms with E-state index < -0.39 is 18.1 Å². The molecular weight excluding hydrogens is 811 g/mol. The lowest BCUT2D eigenvalue weighted by atomic mass is 10.1. The zero-order chi connectivity index (χ0) is 47.7. The number of carbonyl (C=O) groups excluding carboxylic acids is 3. The van der Waals surface area contributed by atoms with E-state index in [2.05, 4.69) is 98.9 Å². The normalized spacial score (nSPS) is 13.6. The van der Waals surface area contributed by atoms with Gasteiger partial charge in [-0.2, -0.15) is 0 Å². The average Bonchev–Trinajstić information content (AvgIpc) is 3.27. The van der Waals surface area contributed by atoms with Crippen LogP contribution in [0.3, 0.4) is 0 Å². The van der Waals surface area contributed by atoms with Crippen molar-refractivity contribution >= 4 is 17.9 Å². The Hall–Kier alpha value is -3.49. The van der Waals surface area contributed by atoms with E-state index in [0.29, 0.717) is 6.42 Å². The van der Waals surface area contributed by atoms with Gasteiger partial charge in [-0.3, -0.25) is 9.59 Å². The maximum atomic E-state index is 12.8. The number of unbranched alkanes of at least 4 members (excludes halogenated alkanes) is 18. The smallest absolute Gasteiger partial charge is 0.306 e. The lowest BCUT2D eigenvalue weighted by Crippen LogP contribution is -2.55. The van der Waals surface area contributed by atoms with Crippen molar-refractivity contribution in [2.24, 2.45) is 0 Å². The number of hydrogen-bond acceptors (Lipinski definition) is 7. The third-order valence-corrected chi connectivity index (χ3v) is 11.3. The fraction of sp³-hybridized carbons (Fsp3) is 0.702. The first-order valence-electron chi connectivity index (χ1n) is 26.1. The zero-order valence-electron chi connectivity index (χ0n) is 42.4. The number of ether oxygens (including phenoxy) is 3. The van der Waals surface area contributed by atoms with E-state index in [0.717, 1.165) is 103 Å². The van der Waals surface area contributed by atoms with Crippen molar-refractivity contribution in [3.8, 4) is 0 Å². The molecule has 0 radical (unpaired) electrons. The van der Waals surface area contributed by atoms with Gasteiger partial charge in [-0.1, -0.05) is 182 Å². The molecule has 0 bridgehead atoms. The Balaban J connectivity index is 4.33. The Bertz CT molecular complexity index is 1330. The summed E-state index contributed by atoms with van der Waals surface area (Å²) < 4.78 is 17.2. The van der Waals surface area contributed by atoms with Crippen LogP contribution >= 0.6 is 0 Å². The van der Waals surface area contributed by atoms with Crippen LogP contribution in [0.4, 0.5) is 0 Å². The van der Waals surface area contributed by atoms with Crippen molar-refractivity contribution in [3.05, 3.63) is 85.1 Å². The second-order valence-corrected chi connectivity index (χ2v) is 18.4. The SMILES string of the molecule is CC/C=C/C/C=C/C/C=C/C/C=C/C/C=C/C/C=C/CCCCCCC(=O)OC(COCCC(C(=O)[O-])[N+](C)(C)C)COC(=O)CCCCCCC/C=C/CCCCCCCCCCC. The van der Waals surface area contributed by atoms with Gasteiger partial charge in [0.05, 0.1) is 40.3 Å². The first kappa shape index (κ1) is 61.5. The molecule has 0 fully saturated rings. The summed E-state index contributed by atoms with van der Waals surface area (Å²) in [6.45, 7) is 4.52. The number of esters is 2. The topological polar surface area (TPSA) is 102 Å². The van der Waals surface area contributed by atoms with Gasteiger partial charge in [0.2, 0.25) is 0 Å². The van der Waals surface area contributed by atoms with Gasteiger partial charge >= 0.3 is 11.9 Å². The molecule has 65 heavy (non-hydrogen) atoms. The molecule has 0 N–H and O–H groups in total. The van der Waals surface area contributed by atoms with E-state index in [1.54, 1.807) is 21.1 Å². The summed E-state index contributed by atoms with van der Waals surface area (Å²) in [5.74, 6) is -1.78. The van der Waals surface area contributed by atoms with Crippen molar-refractivity contribution in [1.82, 2.24) is 0 Å². The maximum absolute atomic E-state index is 12.8. The van der Waals surface area contributed by atoms with Crippen LogP contribution in [0.2, 0.25) is 0 Å². The quantitative estimate of drug-likeness (QED) is 0.0259. The second kappa shape index (κ2) is 47.0. The van der Waals surface area contributed by atoms with E-state index in [-0.39, 0.29) is 49.1 Å². The third kappa shape index (κ3) is 45.5. The van der Waals surface area contributed by atoms with Gasteiger partial charge in [-0.15, -0.1) is 0 Å². The van der Waals surface area contributed by atoms with Crippen LogP contribution in [-0.4, -0.2) is 75.5 Å². The predicted molar refractivity (Wildman–Crippen MR) is 272 cm³/mol. The number of allylic oxidation sites excluding steroid dienone is 14. The molecule has 0 aromatic heterocycles. The molecule has 8 nitrogen and oxygen atoms in total. The second-order valence-electron chi connectivity index (χ2n) is 18.4.